The van der Waals surface area contributed by atoms with Gasteiger partial charge in [0.15, 0.2) is 0 Å². The van der Waals surface area contributed by atoms with Gasteiger partial charge in [-0.15, -0.1) is 0 Å². The molecule has 0 unspecified atom stereocenters. The van der Waals surface area contributed by atoms with Crippen LogP contribution in [0.4, 0.5) is 11.6 Å². The minimum Gasteiger partial charge on any atom is -0.324 e. The number of carbonyl (C=O) groups excluding carboxylic acids is 2. The second-order valence-electron chi connectivity index (χ2n) is 5.92. The molecular weight excluding hydrogens is 304 g/mol. The number of aryl methyl sites for hydroxylation is 1. The number of imidazole rings is 1. The van der Waals surface area contributed by atoms with Crippen LogP contribution in [0.2, 0.25) is 0 Å². The maximum Gasteiger partial charge on any atom is 0.248 e. The number of hydrogen-bond donors (Lipinski definition) is 2. The predicted octanol–water partition coefficient (Wildman–Crippen LogP) is 2.87. The molecule has 0 radical (unpaired) electrons. The molecule has 0 bridgehead atoms. The summed E-state index contributed by atoms with van der Waals surface area (Å²) in [6.45, 7) is 1.96. The fourth-order valence-corrected chi connectivity index (χ4v) is 3.05. The molecule has 0 saturated carbocycles. The third-order valence-corrected chi connectivity index (χ3v) is 4.13. The van der Waals surface area contributed by atoms with Gasteiger partial charge in [-0.3, -0.25) is 19.5 Å². The van der Waals surface area contributed by atoms with Crippen molar-refractivity contribution >= 4 is 34.5 Å². The van der Waals surface area contributed by atoms with Gasteiger partial charge < -0.3 is 5.32 Å². The van der Waals surface area contributed by atoms with Crippen molar-refractivity contribution in [2.75, 3.05) is 10.6 Å². The van der Waals surface area contributed by atoms with Crippen molar-refractivity contribution in [1.29, 1.82) is 0 Å². The highest BCUT2D eigenvalue weighted by atomic mass is 16.2. The summed E-state index contributed by atoms with van der Waals surface area (Å²) in [5.74, 6) is -0.0149. The molecular formula is C18H16N4O2. The number of nitrogens with one attached hydrogen (secondary N) is 2. The van der Waals surface area contributed by atoms with Crippen LogP contribution in [0.1, 0.15) is 18.0 Å². The Bertz CT molecular complexity index is 961. The number of hydrogen-bond acceptors (Lipinski definition) is 3. The van der Waals surface area contributed by atoms with Crippen LogP contribution >= 0.6 is 0 Å². The zero-order valence-electron chi connectivity index (χ0n) is 13.1. The van der Waals surface area contributed by atoms with Gasteiger partial charge in [-0.1, -0.05) is 24.3 Å². The fraction of sp³-hybridized carbons (Fsp3) is 0.167. The van der Waals surface area contributed by atoms with Crippen LogP contribution in [-0.4, -0.2) is 21.4 Å². The van der Waals surface area contributed by atoms with Crippen molar-refractivity contribution in [2.45, 2.75) is 19.4 Å². The Labute approximate surface area is 138 Å². The Morgan fingerprint density at radius 3 is 2.92 bits per heavy atom. The summed E-state index contributed by atoms with van der Waals surface area (Å²) in [7, 11) is 0. The zero-order chi connectivity index (χ0) is 16.7. The Hall–Kier alpha value is -3.15. The summed E-state index contributed by atoms with van der Waals surface area (Å²) in [5, 5.41) is 5.64. The average Bonchev–Trinajstić information content (AvgIpc) is 2.92. The van der Waals surface area contributed by atoms with Gasteiger partial charge >= 0.3 is 0 Å². The molecule has 0 saturated heterocycles. The first-order chi connectivity index (χ1) is 11.6. The normalized spacial score (nSPS) is 16.5. The van der Waals surface area contributed by atoms with Gasteiger partial charge in [-0.2, -0.15) is 0 Å². The van der Waals surface area contributed by atoms with Crippen LogP contribution in [-0.2, 0) is 9.59 Å². The number of anilines is 2. The predicted molar refractivity (Wildman–Crippen MR) is 91.8 cm³/mol. The number of rotatable bonds is 2. The van der Waals surface area contributed by atoms with E-state index in [1.54, 1.807) is 4.57 Å². The molecule has 1 atom stereocenters. The van der Waals surface area contributed by atoms with Crippen LogP contribution in [0, 0.1) is 6.92 Å². The summed E-state index contributed by atoms with van der Waals surface area (Å²) in [5.41, 5.74) is 3.36. The van der Waals surface area contributed by atoms with Crippen LogP contribution in [0.25, 0.3) is 11.0 Å². The summed E-state index contributed by atoms with van der Waals surface area (Å²) in [4.78, 5) is 29.2. The topological polar surface area (TPSA) is 76.0 Å². The smallest absolute Gasteiger partial charge is 0.248 e. The van der Waals surface area contributed by atoms with Crippen LogP contribution < -0.4 is 10.6 Å². The molecule has 2 aromatic carbocycles. The van der Waals surface area contributed by atoms with E-state index >= 15 is 0 Å². The number of benzene rings is 2. The lowest BCUT2D eigenvalue weighted by Gasteiger charge is -2.25. The first-order valence-electron chi connectivity index (χ1n) is 7.76. The van der Waals surface area contributed by atoms with Gasteiger partial charge in [0.2, 0.25) is 17.8 Å². The quantitative estimate of drug-likeness (QED) is 0.762. The molecule has 1 aliphatic rings. The van der Waals surface area contributed by atoms with E-state index in [-0.39, 0.29) is 18.2 Å². The summed E-state index contributed by atoms with van der Waals surface area (Å²) < 4.78 is 1.79. The van der Waals surface area contributed by atoms with Crippen molar-refractivity contribution < 1.29 is 9.59 Å². The minimum atomic E-state index is -0.623. The first kappa shape index (κ1) is 14.4. The van der Waals surface area contributed by atoms with E-state index in [2.05, 4.69) is 15.6 Å². The van der Waals surface area contributed by atoms with Crippen molar-refractivity contribution in [1.82, 2.24) is 9.55 Å². The van der Waals surface area contributed by atoms with Crippen molar-refractivity contribution in [3.63, 3.8) is 0 Å². The zero-order valence-corrected chi connectivity index (χ0v) is 13.1. The van der Waals surface area contributed by atoms with Gasteiger partial charge in [-0.25, -0.2) is 4.98 Å². The van der Waals surface area contributed by atoms with E-state index in [4.69, 9.17) is 0 Å². The lowest BCUT2D eigenvalue weighted by atomic mass is 10.1. The van der Waals surface area contributed by atoms with Crippen molar-refractivity contribution in [3.8, 4) is 0 Å². The molecule has 6 nitrogen and oxygen atoms in total. The molecule has 24 heavy (non-hydrogen) atoms. The number of fused-ring (bicyclic) bond motifs is 3. The van der Waals surface area contributed by atoms with E-state index in [0.29, 0.717) is 5.95 Å². The Balaban J connectivity index is 1.73. The van der Waals surface area contributed by atoms with Crippen LogP contribution in [0.5, 0.6) is 0 Å². The SMILES string of the molecule is Cc1cccc(NC(=O)[C@H]2CC(=O)Nc3nc4ccccc4n32)c1. The first-order valence-corrected chi connectivity index (χ1v) is 7.76. The van der Waals surface area contributed by atoms with Crippen molar-refractivity contribution in [2.24, 2.45) is 0 Å². The van der Waals surface area contributed by atoms with Gasteiger partial charge in [-0.05, 0) is 36.8 Å². The molecule has 0 aliphatic carbocycles. The second kappa shape index (κ2) is 5.49. The molecule has 2 N–H and O–H groups in total. The van der Waals surface area contributed by atoms with Gasteiger partial charge in [0.25, 0.3) is 0 Å². The molecule has 3 aromatic rings. The number of nitrogens with zero attached hydrogens (tertiary/aromatic N) is 2. The molecule has 120 valence electrons. The van der Waals surface area contributed by atoms with Crippen LogP contribution in [0.15, 0.2) is 48.5 Å². The highest BCUT2D eigenvalue weighted by Crippen LogP contribution is 2.31. The van der Waals surface area contributed by atoms with E-state index in [0.717, 1.165) is 22.3 Å². The van der Waals surface area contributed by atoms with Gasteiger partial charge in [0.05, 0.1) is 17.5 Å². The molecule has 1 aromatic heterocycles. The Morgan fingerprint density at radius 2 is 2.08 bits per heavy atom. The van der Waals surface area contributed by atoms with E-state index in [1.807, 2.05) is 55.5 Å². The van der Waals surface area contributed by atoms with Crippen LogP contribution in [0.3, 0.4) is 0 Å². The molecule has 2 heterocycles. The highest BCUT2D eigenvalue weighted by Gasteiger charge is 2.32. The van der Waals surface area contributed by atoms with E-state index in [9.17, 15) is 9.59 Å². The lowest BCUT2D eigenvalue weighted by molar-refractivity contribution is -0.124. The number of carbonyl (C=O) groups is 2. The largest absolute Gasteiger partial charge is 0.324 e. The molecule has 4 rings (SSSR count). The molecule has 6 heteroatoms. The Kier molecular flexibility index (Phi) is 3.30. The number of aromatic nitrogens is 2. The fourth-order valence-electron chi connectivity index (χ4n) is 3.05. The third kappa shape index (κ3) is 2.42. The Morgan fingerprint density at radius 1 is 1.25 bits per heavy atom. The number of para-hydroxylation sites is 2. The van der Waals surface area contributed by atoms with E-state index in [1.165, 1.54) is 0 Å². The maximum absolute atomic E-state index is 12.8. The highest BCUT2D eigenvalue weighted by molar-refractivity contribution is 6.02. The molecule has 2 amide bonds. The summed E-state index contributed by atoms with van der Waals surface area (Å²) in [6, 6.07) is 14.5. The van der Waals surface area contributed by atoms with E-state index < -0.39 is 6.04 Å². The maximum atomic E-state index is 12.8. The minimum absolute atomic E-state index is 0.0883. The monoisotopic (exact) mass is 320 g/mol. The van der Waals surface area contributed by atoms with Gasteiger partial charge in [0, 0.05) is 5.69 Å². The third-order valence-electron chi connectivity index (χ3n) is 4.13. The molecule has 1 aliphatic heterocycles. The van der Waals surface area contributed by atoms with Gasteiger partial charge in [0.1, 0.15) is 6.04 Å². The average molecular weight is 320 g/mol. The standard InChI is InChI=1S/C18H16N4O2/c1-11-5-4-6-12(9-11)19-17(24)15-10-16(23)21-18-20-13-7-2-3-8-14(13)22(15)18/h2-9,15H,10H2,1H3,(H,19,24)(H,20,21,23)/t15-/m1/s1. The lowest BCUT2D eigenvalue weighted by Crippen LogP contribution is -2.35. The summed E-state index contributed by atoms with van der Waals surface area (Å²) in [6.07, 6.45) is 0.0883. The van der Waals surface area contributed by atoms with Crippen molar-refractivity contribution in [3.05, 3.63) is 54.1 Å². The molecule has 0 fully saturated rings. The molecule has 0 spiro atoms. The summed E-state index contributed by atoms with van der Waals surface area (Å²) >= 11 is 0. The second-order valence-corrected chi connectivity index (χ2v) is 5.92. The number of amides is 2.